The van der Waals surface area contributed by atoms with Crippen LogP contribution in [0.5, 0.6) is 0 Å². The molecule has 3 rings (SSSR count). The first-order valence-corrected chi connectivity index (χ1v) is 8.40. The lowest BCUT2D eigenvalue weighted by molar-refractivity contribution is 0.207. The highest BCUT2D eigenvalue weighted by molar-refractivity contribution is 6.20. The molecule has 0 amide bonds. The van der Waals surface area contributed by atoms with Crippen LogP contribution >= 0.6 is 11.6 Å². The number of aryl methyl sites for hydroxylation is 1. The highest BCUT2D eigenvalue weighted by Gasteiger charge is 2.31. The first kappa shape index (κ1) is 14.8. The molecular formula is C17H24ClN3. The average Bonchev–Trinajstić information content (AvgIpc) is 2.80. The quantitative estimate of drug-likeness (QED) is 0.728. The van der Waals surface area contributed by atoms with Gasteiger partial charge in [0, 0.05) is 12.2 Å². The van der Waals surface area contributed by atoms with E-state index in [0.717, 1.165) is 22.9 Å². The second-order valence-corrected chi connectivity index (χ2v) is 7.37. The third kappa shape index (κ3) is 2.57. The molecule has 0 saturated heterocycles. The summed E-state index contributed by atoms with van der Waals surface area (Å²) in [5.41, 5.74) is 3.18. The van der Waals surface area contributed by atoms with Crippen molar-refractivity contribution >= 4 is 22.8 Å². The highest BCUT2D eigenvalue weighted by Crippen LogP contribution is 2.40. The van der Waals surface area contributed by atoms with Crippen molar-refractivity contribution in [3.63, 3.8) is 0 Å². The molecule has 2 aromatic rings. The molecule has 1 saturated carbocycles. The monoisotopic (exact) mass is 305 g/mol. The van der Waals surface area contributed by atoms with Crippen molar-refractivity contribution in [1.29, 1.82) is 0 Å². The second kappa shape index (κ2) is 5.60. The SMILES string of the molecule is Cc1ccnc2c1nc(C(C)Cl)n2C1CCC(C)CC1C. The second-order valence-electron chi connectivity index (χ2n) is 6.72. The molecule has 21 heavy (non-hydrogen) atoms. The van der Waals surface area contributed by atoms with Gasteiger partial charge in [-0.15, -0.1) is 11.6 Å². The smallest absolute Gasteiger partial charge is 0.160 e. The van der Waals surface area contributed by atoms with Crippen molar-refractivity contribution in [2.45, 2.75) is 58.4 Å². The van der Waals surface area contributed by atoms with Crippen molar-refractivity contribution in [3.05, 3.63) is 23.7 Å². The summed E-state index contributed by atoms with van der Waals surface area (Å²) >= 11 is 6.42. The van der Waals surface area contributed by atoms with E-state index in [9.17, 15) is 0 Å². The van der Waals surface area contributed by atoms with Crippen LogP contribution in [0.25, 0.3) is 11.2 Å². The summed E-state index contributed by atoms with van der Waals surface area (Å²) in [6, 6.07) is 2.49. The Morgan fingerprint density at radius 1 is 1.33 bits per heavy atom. The van der Waals surface area contributed by atoms with E-state index in [0.29, 0.717) is 12.0 Å². The van der Waals surface area contributed by atoms with E-state index in [-0.39, 0.29) is 5.38 Å². The van der Waals surface area contributed by atoms with Gasteiger partial charge in [-0.05, 0) is 56.6 Å². The van der Waals surface area contributed by atoms with Crippen LogP contribution in [0.1, 0.15) is 62.8 Å². The fraction of sp³-hybridized carbons (Fsp3) is 0.647. The van der Waals surface area contributed by atoms with Crippen molar-refractivity contribution in [1.82, 2.24) is 14.5 Å². The minimum Gasteiger partial charge on any atom is -0.308 e. The molecule has 0 spiro atoms. The van der Waals surface area contributed by atoms with Crippen LogP contribution < -0.4 is 0 Å². The minimum absolute atomic E-state index is 0.0925. The molecule has 1 aliphatic carbocycles. The van der Waals surface area contributed by atoms with E-state index in [2.05, 4.69) is 30.3 Å². The Morgan fingerprint density at radius 2 is 2.10 bits per heavy atom. The van der Waals surface area contributed by atoms with Gasteiger partial charge in [0.1, 0.15) is 11.3 Å². The van der Waals surface area contributed by atoms with Crippen molar-refractivity contribution in [2.75, 3.05) is 0 Å². The maximum atomic E-state index is 6.42. The van der Waals surface area contributed by atoms with Gasteiger partial charge in [-0.2, -0.15) is 0 Å². The lowest BCUT2D eigenvalue weighted by Crippen LogP contribution is -2.26. The summed E-state index contributed by atoms with van der Waals surface area (Å²) in [4.78, 5) is 9.42. The maximum Gasteiger partial charge on any atom is 0.160 e. The molecule has 4 heteroatoms. The number of imidazole rings is 1. The number of hydrogen-bond acceptors (Lipinski definition) is 2. The third-order valence-corrected chi connectivity index (χ3v) is 5.08. The molecule has 2 aromatic heterocycles. The number of aromatic nitrogens is 3. The van der Waals surface area contributed by atoms with E-state index in [1.54, 1.807) is 0 Å². The summed E-state index contributed by atoms with van der Waals surface area (Å²) in [7, 11) is 0. The molecule has 1 fully saturated rings. The molecule has 0 aliphatic heterocycles. The van der Waals surface area contributed by atoms with E-state index in [4.69, 9.17) is 16.6 Å². The van der Waals surface area contributed by atoms with E-state index < -0.39 is 0 Å². The van der Waals surface area contributed by atoms with Crippen LogP contribution in [0.3, 0.4) is 0 Å². The Hall–Kier alpha value is -1.09. The van der Waals surface area contributed by atoms with Gasteiger partial charge in [-0.1, -0.05) is 13.8 Å². The van der Waals surface area contributed by atoms with Gasteiger partial charge in [-0.3, -0.25) is 0 Å². The average molecular weight is 306 g/mol. The zero-order valence-corrected chi connectivity index (χ0v) is 14.1. The fourth-order valence-electron chi connectivity index (χ4n) is 3.77. The Balaban J connectivity index is 2.16. The number of pyridine rings is 1. The predicted molar refractivity (Wildman–Crippen MR) is 87.7 cm³/mol. The minimum atomic E-state index is -0.0925. The zero-order chi connectivity index (χ0) is 15.1. The van der Waals surface area contributed by atoms with Gasteiger partial charge in [0.15, 0.2) is 5.65 Å². The van der Waals surface area contributed by atoms with Crippen LogP contribution in [0.15, 0.2) is 12.3 Å². The number of fused-ring (bicyclic) bond motifs is 1. The zero-order valence-electron chi connectivity index (χ0n) is 13.3. The van der Waals surface area contributed by atoms with Crippen LogP contribution in [-0.4, -0.2) is 14.5 Å². The lowest BCUT2D eigenvalue weighted by Gasteiger charge is -2.34. The largest absolute Gasteiger partial charge is 0.308 e. The molecule has 3 nitrogen and oxygen atoms in total. The molecule has 114 valence electrons. The number of rotatable bonds is 2. The normalized spacial score (nSPS) is 28.0. The predicted octanol–water partition coefficient (Wildman–Crippen LogP) is 5.04. The Bertz CT molecular complexity index is 647. The number of nitrogens with zero attached hydrogens (tertiary/aromatic N) is 3. The molecule has 0 radical (unpaired) electrons. The standard InChI is InChI=1S/C17H24ClN3/c1-10-5-6-14(12(3)9-10)21-16(13(4)18)20-15-11(2)7-8-19-17(15)21/h7-8,10,12-14H,5-6,9H2,1-4H3. The van der Waals surface area contributed by atoms with Gasteiger partial charge >= 0.3 is 0 Å². The van der Waals surface area contributed by atoms with Crippen LogP contribution in [0, 0.1) is 18.8 Å². The van der Waals surface area contributed by atoms with Crippen LogP contribution in [0.4, 0.5) is 0 Å². The molecule has 4 unspecified atom stereocenters. The van der Waals surface area contributed by atoms with Gasteiger partial charge in [0.25, 0.3) is 0 Å². The molecule has 0 N–H and O–H groups in total. The van der Waals surface area contributed by atoms with Crippen molar-refractivity contribution in [3.8, 4) is 0 Å². The third-order valence-electron chi connectivity index (χ3n) is 4.88. The Kier molecular flexibility index (Phi) is 3.96. The van der Waals surface area contributed by atoms with Gasteiger partial charge in [-0.25, -0.2) is 9.97 Å². The summed E-state index contributed by atoms with van der Waals surface area (Å²) in [6.07, 6.45) is 5.62. The van der Waals surface area contributed by atoms with E-state index >= 15 is 0 Å². The first-order valence-electron chi connectivity index (χ1n) is 7.96. The Labute approximate surface area is 131 Å². The lowest BCUT2D eigenvalue weighted by atomic mass is 9.79. The topological polar surface area (TPSA) is 30.7 Å². The summed E-state index contributed by atoms with van der Waals surface area (Å²) in [6.45, 7) is 8.80. The molecule has 0 bridgehead atoms. The summed E-state index contributed by atoms with van der Waals surface area (Å²) in [5, 5.41) is -0.0925. The molecule has 1 aliphatic rings. The van der Waals surface area contributed by atoms with Gasteiger partial charge in [0.05, 0.1) is 5.38 Å². The first-order chi connectivity index (χ1) is 9.99. The van der Waals surface area contributed by atoms with Crippen molar-refractivity contribution < 1.29 is 0 Å². The fourth-order valence-corrected chi connectivity index (χ4v) is 3.92. The molecular weight excluding hydrogens is 282 g/mol. The summed E-state index contributed by atoms with van der Waals surface area (Å²) in [5.74, 6) is 2.43. The van der Waals surface area contributed by atoms with Gasteiger partial charge in [0.2, 0.25) is 0 Å². The maximum absolute atomic E-state index is 6.42. The number of halogens is 1. The molecule has 2 heterocycles. The number of alkyl halides is 1. The van der Waals surface area contributed by atoms with E-state index in [1.165, 1.54) is 24.8 Å². The molecule has 4 atom stereocenters. The van der Waals surface area contributed by atoms with E-state index in [1.807, 2.05) is 19.2 Å². The molecule has 0 aromatic carbocycles. The van der Waals surface area contributed by atoms with Crippen LogP contribution in [-0.2, 0) is 0 Å². The van der Waals surface area contributed by atoms with Crippen molar-refractivity contribution in [2.24, 2.45) is 11.8 Å². The van der Waals surface area contributed by atoms with Crippen LogP contribution in [0.2, 0.25) is 0 Å². The Morgan fingerprint density at radius 3 is 2.76 bits per heavy atom. The number of hydrogen-bond donors (Lipinski definition) is 0. The summed E-state index contributed by atoms with van der Waals surface area (Å²) < 4.78 is 2.33. The highest BCUT2D eigenvalue weighted by atomic mass is 35.5. The van der Waals surface area contributed by atoms with Gasteiger partial charge < -0.3 is 4.57 Å².